The number of carbonyl (C=O) groups excluding carboxylic acids is 1. The number of esters is 1. The molecule has 0 amide bonds. The zero-order valence-corrected chi connectivity index (χ0v) is 13.1. The van der Waals surface area contributed by atoms with Crippen molar-refractivity contribution >= 4 is 11.9 Å². The Morgan fingerprint density at radius 1 is 1.14 bits per heavy atom. The fraction of sp³-hybridized carbons (Fsp3) is 0.556. The van der Waals surface area contributed by atoms with Crippen LogP contribution in [0.3, 0.4) is 0 Å². The molecule has 2 rings (SSSR count). The van der Waals surface area contributed by atoms with Crippen LogP contribution in [0.5, 0.6) is 0 Å². The van der Waals surface area contributed by atoms with Gasteiger partial charge in [0.15, 0.2) is 0 Å². The van der Waals surface area contributed by atoms with Crippen molar-refractivity contribution in [3.05, 3.63) is 35.4 Å². The summed E-state index contributed by atoms with van der Waals surface area (Å²) in [7, 11) is 0. The quantitative estimate of drug-likeness (QED) is 0.807. The first-order valence-electron chi connectivity index (χ1n) is 8.09. The molecule has 1 fully saturated rings. The summed E-state index contributed by atoms with van der Waals surface area (Å²) < 4.78 is 4.97. The highest BCUT2D eigenvalue weighted by atomic mass is 16.5. The summed E-state index contributed by atoms with van der Waals surface area (Å²) in [5, 5.41) is 8.93. The van der Waals surface area contributed by atoms with Crippen molar-refractivity contribution in [2.75, 3.05) is 6.61 Å². The fourth-order valence-electron chi connectivity index (χ4n) is 3.24. The third-order valence-corrected chi connectivity index (χ3v) is 4.54. The minimum absolute atomic E-state index is 0.0890. The maximum absolute atomic E-state index is 11.4. The predicted molar refractivity (Wildman–Crippen MR) is 84.0 cm³/mol. The average molecular weight is 304 g/mol. The Bertz CT molecular complexity index is 498. The number of benzene rings is 1. The fourth-order valence-corrected chi connectivity index (χ4v) is 3.24. The maximum atomic E-state index is 11.4. The van der Waals surface area contributed by atoms with Crippen LogP contribution in [-0.4, -0.2) is 23.7 Å². The van der Waals surface area contributed by atoms with E-state index in [0.717, 1.165) is 32.1 Å². The van der Waals surface area contributed by atoms with E-state index >= 15 is 0 Å². The standard InChI is InChI=1S/C18H24O4/c1-2-22-17(19)12-5-13-3-6-14(7-4-13)15-8-10-16(11-9-15)18(20)21/h8-11,13-14H,2-7,12H2,1H3,(H,20,21). The largest absolute Gasteiger partial charge is 0.478 e. The number of carboxylic acids is 1. The van der Waals surface area contributed by atoms with Crippen molar-refractivity contribution in [2.24, 2.45) is 5.92 Å². The van der Waals surface area contributed by atoms with E-state index < -0.39 is 5.97 Å². The smallest absolute Gasteiger partial charge is 0.335 e. The lowest BCUT2D eigenvalue weighted by molar-refractivity contribution is -0.143. The molecule has 0 bridgehead atoms. The molecular formula is C18H24O4. The van der Waals surface area contributed by atoms with Crippen molar-refractivity contribution in [3.8, 4) is 0 Å². The summed E-state index contributed by atoms with van der Waals surface area (Å²) in [4.78, 5) is 22.3. The second-order valence-electron chi connectivity index (χ2n) is 5.99. The third-order valence-electron chi connectivity index (χ3n) is 4.54. The molecule has 1 aromatic carbocycles. The van der Waals surface area contributed by atoms with Crippen LogP contribution in [0.4, 0.5) is 0 Å². The van der Waals surface area contributed by atoms with Gasteiger partial charge in [-0.25, -0.2) is 4.79 Å². The molecule has 1 N–H and O–H groups in total. The van der Waals surface area contributed by atoms with E-state index in [1.165, 1.54) is 5.56 Å². The lowest BCUT2D eigenvalue weighted by atomic mass is 9.77. The minimum atomic E-state index is -0.880. The number of ether oxygens (including phenoxy) is 1. The zero-order valence-electron chi connectivity index (χ0n) is 13.1. The van der Waals surface area contributed by atoms with E-state index in [1.807, 2.05) is 19.1 Å². The van der Waals surface area contributed by atoms with Crippen LogP contribution in [0, 0.1) is 5.92 Å². The van der Waals surface area contributed by atoms with Crippen LogP contribution in [0.2, 0.25) is 0 Å². The molecule has 0 aliphatic heterocycles. The van der Waals surface area contributed by atoms with E-state index in [2.05, 4.69) is 0 Å². The maximum Gasteiger partial charge on any atom is 0.335 e. The van der Waals surface area contributed by atoms with Crippen LogP contribution in [-0.2, 0) is 9.53 Å². The summed E-state index contributed by atoms with van der Waals surface area (Å²) in [6.45, 7) is 2.29. The topological polar surface area (TPSA) is 63.6 Å². The molecule has 1 aromatic rings. The van der Waals surface area contributed by atoms with Gasteiger partial charge in [-0.1, -0.05) is 12.1 Å². The summed E-state index contributed by atoms with van der Waals surface area (Å²) in [6.07, 6.45) is 5.93. The summed E-state index contributed by atoms with van der Waals surface area (Å²) >= 11 is 0. The van der Waals surface area contributed by atoms with Crippen molar-refractivity contribution < 1.29 is 19.4 Å². The van der Waals surface area contributed by atoms with Crippen LogP contribution in [0.15, 0.2) is 24.3 Å². The van der Waals surface area contributed by atoms with E-state index in [1.54, 1.807) is 12.1 Å². The highest BCUT2D eigenvalue weighted by molar-refractivity contribution is 5.87. The van der Waals surface area contributed by atoms with Crippen LogP contribution in [0.1, 0.15) is 67.3 Å². The second kappa shape index (κ2) is 7.97. The van der Waals surface area contributed by atoms with Gasteiger partial charge in [-0.3, -0.25) is 4.79 Å². The first-order chi connectivity index (χ1) is 10.6. The van der Waals surface area contributed by atoms with Crippen molar-refractivity contribution in [1.29, 1.82) is 0 Å². The molecule has 4 heteroatoms. The zero-order chi connectivity index (χ0) is 15.9. The van der Waals surface area contributed by atoms with E-state index in [4.69, 9.17) is 9.84 Å². The number of hydrogen-bond donors (Lipinski definition) is 1. The van der Waals surface area contributed by atoms with Gasteiger partial charge in [-0.15, -0.1) is 0 Å². The Morgan fingerprint density at radius 2 is 1.77 bits per heavy atom. The van der Waals surface area contributed by atoms with Gasteiger partial charge < -0.3 is 9.84 Å². The first kappa shape index (κ1) is 16.5. The number of hydrogen-bond acceptors (Lipinski definition) is 3. The predicted octanol–water partition coefficient (Wildman–Crippen LogP) is 4.00. The van der Waals surface area contributed by atoms with Gasteiger partial charge in [0.1, 0.15) is 0 Å². The van der Waals surface area contributed by atoms with Gasteiger partial charge in [-0.2, -0.15) is 0 Å². The molecule has 0 radical (unpaired) electrons. The summed E-state index contributed by atoms with van der Waals surface area (Å²) in [6, 6.07) is 7.25. The Morgan fingerprint density at radius 3 is 2.32 bits per heavy atom. The molecule has 0 spiro atoms. The monoisotopic (exact) mass is 304 g/mol. The van der Waals surface area contributed by atoms with Crippen LogP contribution >= 0.6 is 0 Å². The average Bonchev–Trinajstić information content (AvgIpc) is 2.54. The highest BCUT2D eigenvalue weighted by Crippen LogP contribution is 2.37. The SMILES string of the molecule is CCOC(=O)CCC1CCC(c2ccc(C(=O)O)cc2)CC1. The third kappa shape index (κ3) is 4.58. The van der Waals surface area contributed by atoms with Gasteiger partial charge in [0, 0.05) is 6.42 Å². The van der Waals surface area contributed by atoms with Gasteiger partial charge >= 0.3 is 11.9 Å². The lowest BCUT2D eigenvalue weighted by Crippen LogP contribution is -2.15. The Balaban J connectivity index is 1.79. The molecule has 0 atom stereocenters. The summed E-state index contributed by atoms with van der Waals surface area (Å²) in [5.74, 6) is 0.156. The lowest BCUT2D eigenvalue weighted by Gasteiger charge is -2.28. The van der Waals surface area contributed by atoms with E-state index in [0.29, 0.717) is 30.4 Å². The Hall–Kier alpha value is -1.84. The number of carbonyl (C=O) groups is 2. The molecule has 1 aliphatic carbocycles. The molecule has 22 heavy (non-hydrogen) atoms. The minimum Gasteiger partial charge on any atom is -0.478 e. The van der Waals surface area contributed by atoms with E-state index in [-0.39, 0.29) is 5.97 Å². The van der Waals surface area contributed by atoms with E-state index in [9.17, 15) is 9.59 Å². The normalized spacial score (nSPS) is 21.3. The molecule has 0 unspecified atom stereocenters. The van der Waals surface area contributed by atoms with Crippen molar-refractivity contribution in [1.82, 2.24) is 0 Å². The summed E-state index contributed by atoms with van der Waals surface area (Å²) in [5.41, 5.74) is 1.57. The molecule has 0 aromatic heterocycles. The second-order valence-corrected chi connectivity index (χ2v) is 5.99. The molecule has 1 aliphatic rings. The van der Waals surface area contributed by atoms with Gasteiger partial charge in [-0.05, 0) is 68.6 Å². The van der Waals surface area contributed by atoms with Crippen LogP contribution < -0.4 is 0 Å². The molecule has 1 saturated carbocycles. The molecule has 120 valence electrons. The number of aromatic carboxylic acids is 1. The van der Waals surface area contributed by atoms with Crippen LogP contribution in [0.25, 0.3) is 0 Å². The van der Waals surface area contributed by atoms with Crippen molar-refractivity contribution in [2.45, 2.75) is 51.4 Å². The number of rotatable bonds is 6. The highest BCUT2D eigenvalue weighted by Gasteiger charge is 2.23. The van der Waals surface area contributed by atoms with Gasteiger partial charge in [0.2, 0.25) is 0 Å². The van der Waals surface area contributed by atoms with Crippen molar-refractivity contribution in [3.63, 3.8) is 0 Å². The molecule has 0 saturated heterocycles. The van der Waals surface area contributed by atoms with Gasteiger partial charge in [0.25, 0.3) is 0 Å². The molecular weight excluding hydrogens is 280 g/mol. The molecule has 0 heterocycles. The Labute approximate surface area is 131 Å². The first-order valence-corrected chi connectivity index (χ1v) is 8.09. The number of carboxylic acid groups (broad SMARTS) is 1. The van der Waals surface area contributed by atoms with Gasteiger partial charge in [0.05, 0.1) is 12.2 Å². The Kier molecular flexibility index (Phi) is 5.99. The molecule has 4 nitrogen and oxygen atoms in total.